The molecule has 4 N–H and O–H groups in total. The number of aryl methyl sites for hydroxylation is 1. The van der Waals surface area contributed by atoms with Crippen LogP contribution in [0.3, 0.4) is 0 Å². The van der Waals surface area contributed by atoms with Gasteiger partial charge in [0.15, 0.2) is 5.82 Å². The number of nitrogen functional groups attached to an aromatic ring is 1. The first-order valence-electron chi connectivity index (χ1n) is 12.9. The zero-order valence-electron chi connectivity index (χ0n) is 21.9. The maximum absolute atomic E-state index is 14.4. The Bertz CT molecular complexity index is 1870. The third kappa shape index (κ3) is 4.45. The first kappa shape index (κ1) is 26.1. The van der Waals surface area contributed by atoms with Crippen molar-refractivity contribution in [2.45, 2.75) is 31.7 Å². The second-order valence-electron chi connectivity index (χ2n) is 10.1. The van der Waals surface area contributed by atoms with E-state index in [0.717, 1.165) is 5.56 Å². The smallest absolute Gasteiger partial charge is 0.303 e. The fourth-order valence-electron chi connectivity index (χ4n) is 5.30. The topological polar surface area (TPSA) is 136 Å². The number of hydrogen-bond acceptors (Lipinski definition) is 6. The highest BCUT2D eigenvalue weighted by atomic mass is 19.1. The van der Waals surface area contributed by atoms with Gasteiger partial charge in [0.25, 0.3) is 0 Å². The second-order valence-corrected chi connectivity index (χ2v) is 10.1. The molecule has 6 rings (SSSR count). The van der Waals surface area contributed by atoms with Gasteiger partial charge in [0.1, 0.15) is 34.4 Å². The molecule has 5 aromatic rings. The summed E-state index contributed by atoms with van der Waals surface area (Å²) in [5, 5.41) is 17.0. The van der Waals surface area contributed by atoms with Crippen LogP contribution >= 0.6 is 0 Å². The maximum Gasteiger partial charge on any atom is 0.303 e. The number of aliphatic carboxylic acids is 1. The van der Waals surface area contributed by atoms with Gasteiger partial charge in [-0.25, -0.2) is 18.7 Å². The van der Waals surface area contributed by atoms with Crippen LogP contribution in [0, 0.1) is 11.6 Å². The van der Waals surface area contributed by atoms with Gasteiger partial charge < -0.3 is 16.2 Å². The minimum Gasteiger partial charge on any atom is -0.481 e. The van der Waals surface area contributed by atoms with E-state index in [4.69, 9.17) is 10.8 Å². The number of amides is 1. The van der Waals surface area contributed by atoms with E-state index < -0.39 is 23.0 Å². The maximum atomic E-state index is 14.4. The molecule has 1 aliphatic rings. The van der Waals surface area contributed by atoms with Crippen LogP contribution in [0.15, 0.2) is 66.7 Å². The van der Waals surface area contributed by atoms with Crippen molar-refractivity contribution in [1.29, 1.82) is 0 Å². The summed E-state index contributed by atoms with van der Waals surface area (Å²) in [4.78, 5) is 33.6. The van der Waals surface area contributed by atoms with Gasteiger partial charge in [0, 0.05) is 17.4 Å². The normalized spacial score (nSPS) is 16.1. The number of fused-ring (bicyclic) bond motifs is 2. The lowest BCUT2D eigenvalue weighted by molar-refractivity contribution is -0.137. The van der Waals surface area contributed by atoms with Crippen LogP contribution < -0.4 is 11.1 Å². The Morgan fingerprint density at radius 2 is 1.88 bits per heavy atom. The summed E-state index contributed by atoms with van der Waals surface area (Å²) in [6.07, 6.45) is 0.265. The Labute approximate surface area is 232 Å². The minimum atomic E-state index is -1.23. The van der Waals surface area contributed by atoms with Crippen LogP contribution in [0.25, 0.3) is 22.4 Å². The highest BCUT2D eigenvalue weighted by molar-refractivity contribution is 6.09. The largest absolute Gasteiger partial charge is 0.481 e. The van der Waals surface area contributed by atoms with E-state index in [2.05, 4.69) is 20.4 Å². The molecule has 1 amide bonds. The summed E-state index contributed by atoms with van der Waals surface area (Å²) in [6.45, 7) is 1.76. The van der Waals surface area contributed by atoms with Gasteiger partial charge in [0.2, 0.25) is 5.91 Å². The molecular formula is C30H24F2N6O3. The van der Waals surface area contributed by atoms with Crippen LogP contribution in [-0.4, -0.2) is 36.7 Å². The molecule has 0 bridgehead atoms. The first-order valence-corrected chi connectivity index (χ1v) is 12.9. The number of aromatic nitrogens is 4. The summed E-state index contributed by atoms with van der Waals surface area (Å²) in [6, 6.07) is 17.5. The van der Waals surface area contributed by atoms with Gasteiger partial charge in [0.05, 0.1) is 17.6 Å². The minimum absolute atomic E-state index is 0.0417. The predicted octanol–water partition coefficient (Wildman–Crippen LogP) is 4.68. The zero-order chi connectivity index (χ0) is 28.9. The number of carboxylic acids is 1. The van der Waals surface area contributed by atoms with E-state index in [-0.39, 0.29) is 36.3 Å². The Morgan fingerprint density at radius 3 is 2.66 bits per heavy atom. The van der Waals surface area contributed by atoms with Crippen molar-refractivity contribution in [3.63, 3.8) is 0 Å². The summed E-state index contributed by atoms with van der Waals surface area (Å²) < 4.78 is 30.1. The van der Waals surface area contributed by atoms with E-state index >= 15 is 0 Å². The summed E-state index contributed by atoms with van der Waals surface area (Å²) in [5.74, 6) is -1.79. The number of rotatable bonds is 7. The van der Waals surface area contributed by atoms with Gasteiger partial charge in [-0.2, -0.15) is 5.10 Å². The lowest BCUT2D eigenvalue weighted by atomic mass is 9.77. The van der Waals surface area contributed by atoms with E-state index in [9.17, 15) is 18.4 Å². The average molecular weight is 555 g/mol. The van der Waals surface area contributed by atoms with E-state index in [0.29, 0.717) is 39.7 Å². The molecule has 0 spiro atoms. The lowest BCUT2D eigenvalue weighted by Crippen LogP contribution is -2.33. The number of halogens is 2. The average Bonchev–Trinajstić information content (AvgIpc) is 3.43. The van der Waals surface area contributed by atoms with Crippen molar-refractivity contribution < 1.29 is 23.5 Å². The molecule has 0 saturated carbocycles. The van der Waals surface area contributed by atoms with E-state index in [1.165, 1.54) is 22.9 Å². The number of anilines is 2. The number of carbonyl (C=O) groups excluding carboxylic acids is 1. The lowest BCUT2D eigenvalue weighted by Gasteiger charge is -2.24. The fraction of sp³-hybridized carbons (Fsp3) is 0.167. The van der Waals surface area contributed by atoms with Crippen molar-refractivity contribution in [3.8, 4) is 11.5 Å². The molecule has 3 heterocycles. The van der Waals surface area contributed by atoms with Gasteiger partial charge in [-0.1, -0.05) is 42.5 Å². The van der Waals surface area contributed by atoms with E-state index in [1.54, 1.807) is 55.5 Å². The molecule has 0 unspecified atom stereocenters. The van der Waals surface area contributed by atoms with Gasteiger partial charge in [-0.15, -0.1) is 0 Å². The standard InChI is InChI=1S/C30H24F2N6O3/c1-30(18-7-4-5-16(13-18)9-12-23(39)40)24-26(33)34-28(35-27(24)36-29(30)41)25-20-11-10-19(31)14-22(20)38(37-25)15-17-6-2-3-8-21(17)32/h2-8,10-11,13-14H,9,12,15H2,1H3,(H,39,40)(H3,33,34,35,36,41)/t30-/m0/s1. The third-order valence-corrected chi connectivity index (χ3v) is 7.46. The number of benzene rings is 3. The van der Waals surface area contributed by atoms with Crippen molar-refractivity contribution >= 4 is 34.4 Å². The molecule has 1 aliphatic heterocycles. The van der Waals surface area contributed by atoms with Gasteiger partial charge in [-0.05, 0) is 48.7 Å². The molecule has 0 radical (unpaired) electrons. The number of nitrogens with one attached hydrogen (secondary N) is 1. The fourth-order valence-corrected chi connectivity index (χ4v) is 5.30. The molecule has 0 fully saturated rings. The molecule has 3 aromatic carbocycles. The van der Waals surface area contributed by atoms with Crippen molar-refractivity contribution in [2.75, 3.05) is 11.1 Å². The van der Waals surface area contributed by atoms with Gasteiger partial charge in [-0.3, -0.25) is 14.3 Å². The molecule has 0 saturated heterocycles. The monoisotopic (exact) mass is 554 g/mol. The van der Waals surface area contributed by atoms with Crippen LogP contribution in [0.2, 0.25) is 0 Å². The highest BCUT2D eigenvalue weighted by Crippen LogP contribution is 2.45. The number of nitrogens with zero attached hydrogens (tertiary/aromatic N) is 4. The third-order valence-electron chi connectivity index (χ3n) is 7.46. The molecule has 11 heteroatoms. The number of carbonyl (C=O) groups is 2. The van der Waals surface area contributed by atoms with Gasteiger partial charge >= 0.3 is 5.97 Å². The van der Waals surface area contributed by atoms with Crippen molar-refractivity contribution in [1.82, 2.24) is 19.7 Å². The Morgan fingerprint density at radius 1 is 1.07 bits per heavy atom. The molecular weight excluding hydrogens is 530 g/mol. The molecule has 206 valence electrons. The first-order chi connectivity index (χ1) is 19.6. The highest BCUT2D eigenvalue weighted by Gasteiger charge is 2.47. The van der Waals surface area contributed by atoms with Crippen molar-refractivity contribution in [2.24, 2.45) is 0 Å². The van der Waals surface area contributed by atoms with Crippen LogP contribution in [0.5, 0.6) is 0 Å². The Hall–Kier alpha value is -5.19. The second kappa shape index (κ2) is 9.77. The SMILES string of the molecule is C[C@@]1(c2cccc(CCC(=O)O)c2)C(=O)Nc2nc(-c3nn(Cc4ccccc4F)c4cc(F)ccc34)nc(N)c21. The Balaban J connectivity index is 1.44. The quantitative estimate of drug-likeness (QED) is 0.266. The number of hydrogen-bond donors (Lipinski definition) is 3. The zero-order valence-corrected chi connectivity index (χ0v) is 21.9. The predicted molar refractivity (Wildman–Crippen MR) is 148 cm³/mol. The van der Waals surface area contributed by atoms with Crippen LogP contribution in [-0.2, 0) is 28.0 Å². The number of nitrogens with two attached hydrogens (primary N) is 1. The summed E-state index contributed by atoms with van der Waals surface area (Å²) in [7, 11) is 0. The summed E-state index contributed by atoms with van der Waals surface area (Å²) >= 11 is 0. The van der Waals surface area contributed by atoms with Crippen LogP contribution in [0.1, 0.15) is 35.6 Å². The van der Waals surface area contributed by atoms with Crippen LogP contribution in [0.4, 0.5) is 20.4 Å². The molecule has 1 atom stereocenters. The van der Waals surface area contributed by atoms with Crippen molar-refractivity contribution in [3.05, 3.63) is 101 Å². The molecule has 2 aromatic heterocycles. The molecule has 41 heavy (non-hydrogen) atoms. The summed E-state index contributed by atoms with van der Waals surface area (Å²) in [5.41, 5.74) is 8.10. The van der Waals surface area contributed by atoms with E-state index in [1.807, 2.05) is 0 Å². The Kier molecular flexibility index (Phi) is 6.21. The molecule has 0 aliphatic carbocycles. The number of carboxylic acid groups (broad SMARTS) is 1. The molecule has 9 nitrogen and oxygen atoms in total.